The fraction of sp³-hybridized carbons (Fsp3) is 1.00. The third-order valence-electron chi connectivity index (χ3n) is 4.54. The SMILES string of the molecule is CC1CC(C)[C@@](C)(C(C)O)CC1C. The fourth-order valence-corrected chi connectivity index (χ4v) is 2.74. The molecule has 1 aliphatic rings. The Balaban J connectivity index is 2.76. The highest BCUT2D eigenvalue weighted by Gasteiger charge is 2.42. The molecule has 1 N–H and O–H groups in total. The van der Waals surface area contributed by atoms with Crippen molar-refractivity contribution >= 4 is 0 Å². The first-order chi connectivity index (χ1) is 5.88. The van der Waals surface area contributed by atoms with Crippen molar-refractivity contribution in [3.8, 4) is 0 Å². The molecule has 1 fully saturated rings. The van der Waals surface area contributed by atoms with Gasteiger partial charge >= 0.3 is 0 Å². The van der Waals surface area contributed by atoms with Gasteiger partial charge in [0.15, 0.2) is 0 Å². The van der Waals surface area contributed by atoms with E-state index in [4.69, 9.17) is 0 Å². The van der Waals surface area contributed by atoms with Gasteiger partial charge < -0.3 is 5.11 Å². The average molecular weight is 184 g/mol. The Morgan fingerprint density at radius 3 is 2.23 bits per heavy atom. The van der Waals surface area contributed by atoms with Gasteiger partial charge in [-0.25, -0.2) is 0 Å². The summed E-state index contributed by atoms with van der Waals surface area (Å²) < 4.78 is 0. The van der Waals surface area contributed by atoms with E-state index >= 15 is 0 Å². The molecule has 13 heavy (non-hydrogen) atoms. The molecule has 4 unspecified atom stereocenters. The summed E-state index contributed by atoms with van der Waals surface area (Å²) in [6.07, 6.45) is 2.27. The molecule has 1 heteroatoms. The molecule has 0 aromatic heterocycles. The lowest BCUT2D eigenvalue weighted by molar-refractivity contribution is -0.0465. The molecule has 0 aliphatic heterocycles. The number of aliphatic hydroxyl groups is 1. The highest BCUT2D eigenvalue weighted by atomic mass is 16.3. The molecule has 1 saturated carbocycles. The Morgan fingerprint density at radius 1 is 1.23 bits per heavy atom. The molecule has 0 aromatic rings. The molecule has 0 saturated heterocycles. The van der Waals surface area contributed by atoms with E-state index in [1.54, 1.807) is 0 Å². The largest absolute Gasteiger partial charge is 0.393 e. The van der Waals surface area contributed by atoms with Gasteiger partial charge in [0.25, 0.3) is 0 Å². The minimum absolute atomic E-state index is 0.145. The van der Waals surface area contributed by atoms with Crippen molar-refractivity contribution in [2.45, 2.75) is 53.6 Å². The van der Waals surface area contributed by atoms with Crippen LogP contribution >= 0.6 is 0 Å². The van der Waals surface area contributed by atoms with Crippen molar-refractivity contribution in [1.82, 2.24) is 0 Å². The van der Waals surface area contributed by atoms with Crippen LogP contribution in [0.5, 0.6) is 0 Å². The number of aliphatic hydroxyl groups excluding tert-OH is 1. The van der Waals surface area contributed by atoms with E-state index < -0.39 is 0 Å². The molecule has 0 spiro atoms. The third-order valence-corrected chi connectivity index (χ3v) is 4.54. The molecule has 1 nitrogen and oxygen atoms in total. The summed E-state index contributed by atoms with van der Waals surface area (Å²) in [7, 11) is 0. The van der Waals surface area contributed by atoms with Crippen molar-refractivity contribution in [3.63, 3.8) is 0 Å². The topological polar surface area (TPSA) is 20.2 Å². The van der Waals surface area contributed by atoms with E-state index in [1.165, 1.54) is 12.8 Å². The highest BCUT2D eigenvalue weighted by molar-refractivity contribution is 4.92. The predicted octanol–water partition coefficient (Wildman–Crippen LogP) is 3.08. The zero-order valence-corrected chi connectivity index (χ0v) is 9.67. The van der Waals surface area contributed by atoms with Gasteiger partial charge in [0.05, 0.1) is 6.10 Å². The Bertz CT molecular complexity index is 176. The van der Waals surface area contributed by atoms with Gasteiger partial charge in [0, 0.05) is 0 Å². The summed E-state index contributed by atoms with van der Waals surface area (Å²) in [6.45, 7) is 11.1. The maximum absolute atomic E-state index is 9.81. The van der Waals surface area contributed by atoms with Crippen molar-refractivity contribution in [3.05, 3.63) is 0 Å². The minimum Gasteiger partial charge on any atom is -0.393 e. The summed E-state index contributed by atoms with van der Waals surface area (Å²) in [6, 6.07) is 0. The highest BCUT2D eigenvalue weighted by Crippen LogP contribution is 2.47. The molecule has 1 rings (SSSR count). The fourth-order valence-electron chi connectivity index (χ4n) is 2.74. The Hall–Kier alpha value is -0.0400. The molecule has 0 bridgehead atoms. The summed E-state index contributed by atoms with van der Waals surface area (Å²) >= 11 is 0. The quantitative estimate of drug-likeness (QED) is 0.664. The van der Waals surface area contributed by atoms with Crippen molar-refractivity contribution in [2.75, 3.05) is 0 Å². The van der Waals surface area contributed by atoms with Crippen molar-refractivity contribution in [1.29, 1.82) is 0 Å². The molecular weight excluding hydrogens is 160 g/mol. The monoisotopic (exact) mass is 184 g/mol. The zero-order valence-electron chi connectivity index (χ0n) is 9.67. The first-order valence-electron chi connectivity index (χ1n) is 5.56. The number of hydrogen-bond donors (Lipinski definition) is 1. The maximum atomic E-state index is 9.81. The second-order valence-corrected chi connectivity index (χ2v) is 5.48. The maximum Gasteiger partial charge on any atom is 0.0568 e. The van der Waals surface area contributed by atoms with Crippen LogP contribution in [0.2, 0.25) is 0 Å². The van der Waals surface area contributed by atoms with Gasteiger partial charge in [0.1, 0.15) is 0 Å². The summed E-state index contributed by atoms with van der Waals surface area (Å²) in [4.78, 5) is 0. The summed E-state index contributed by atoms with van der Waals surface area (Å²) in [5.41, 5.74) is 0.145. The molecule has 0 aromatic carbocycles. The van der Waals surface area contributed by atoms with Crippen LogP contribution in [0.15, 0.2) is 0 Å². The second kappa shape index (κ2) is 3.61. The lowest BCUT2D eigenvalue weighted by Crippen LogP contribution is -2.43. The van der Waals surface area contributed by atoms with Gasteiger partial charge in [-0.3, -0.25) is 0 Å². The minimum atomic E-state index is -0.169. The van der Waals surface area contributed by atoms with Gasteiger partial charge in [-0.2, -0.15) is 0 Å². The molecule has 0 radical (unpaired) electrons. The summed E-state index contributed by atoms with van der Waals surface area (Å²) in [5, 5.41) is 9.81. The zero-order chi connectivity index (χ0) is 10.2. The predicted molar refractivity (Wildman–Crippen MR) is 56.5 cm³/mol. The van der Waals surface area contributed by atoms with Crippen LogP contribution in [-0.2, 0) is 0 Å². The lowest BCUT2D eigenvalue weighted by atomic mass is 9.59. The number of rotatable bonds is 1. The van der Waals surface area contributed by atoms with Gasteiger partial charge in [0.2, 0.25) is 0 Å². The normalized spacial score (nSPS) is 48.9. The van der Waals surface area contributed by atoms with Gasteiger partial charge in [-0.1, -0.05) is 27.7 Å². The molecular formula is C12H24O. The average Bonchev–Trinajstić information content (AvgIpc) is 2.01. The van der Waals surface area contributed by atoms with Crippen LogP contribution in [-0.4, -0.2) is 11.2 Å². The molecule has 0 amide bonds. The first kappa shape index (κ1) is 11.0. The molecule has 5 atom stereocenters. The van der Waals surface area contributed by atoms with Crippen LogP contribution < -0.4 is 0 Å². The lowest BCUT2D eigenvalue weighted by Gasteiger charge is -2.47. The second-order valence-electron chi connectivity index (χ2n) is 5.48. The van der Waals surface area contributed by atoms with E-state index in [2.05, 4.69) is 27.7 Å². The Kier molecular flexibility index (Phi) is 3.06. The third kappa shape index (κ3) is 1.90. The van der Waals surface area contributed by atoms with E-state index in [-0.39, 0.29) is 11.5 Å². The summed E-state index contributed by atoms with van der Waals surface area (Å²) in [5.74, 6) is 2.23. The van der Waals surface area contributed by atoms with E-state index in [1.807, 2.05) is 6.92 Å². The van der Waals surface area contributed by atoms with Crippen molar-refractivity contribution < 1.29 is 5.11 Å². The molecule has 0 heterocycles. The number of hydrogen-bond acceptors (Lipinski definition) is 1. The van der Waals surface area contributed by atoms with Gasteiger partial charge in [-0.05, 0) is 42.9 Å². The van der Waals surface area contributed by atoms with Crippen LogP contribution in [0.4, 0.5) is 0 Å². The van der Waals surface area contributed by atoms with E-state index in [0.717, 1.165) is 11.8 Å². The van der Waals surface area contributed by atoms with Crippen LogP contribution in [0.3, 0.4) is 0 Å². The van der Waals surface area contributed by atoms with Crippen LogP contribution in [0.1, 0.15) is 47.5 Å². The molecule has 1 aliphatic carbocycles. The van der Waals surface area contributed by atoms with Gasteiger partial charge in [-0.15, -0.1) is 0 Å². The van der Waals surface area contributed by atoms with E-state index in [9.17, 15) is 5.11 Å². The standard InChI is InChI=1S/C12H24O/c1-8-6-10(3)12(5,11(4)13)7-9(8)2/h8-11,13H,6-7H2,1-5H3/t8?,9?,10?,11?,12-/m0/s1. The van der Waals surface area contributed by atoms with Crippen LogP contribution in [0.25, 0.3) is 0 Å². The van der Waals surface area contributed by atoms with Crippen molar-refractivity contribution in [2.24, 2.45) is 23.2 Å². The van der Waals surface area contributed by atoms with Crippen LogP contribution in [0, 0.1) is 23.2 Å². The Labute approximate surface area is 82.5 Å². The Morgan fingerprint density at radius 2 is 1.77 bits per heavy atom. The first-order valence-corrected chi connectivity index (χ1v) is 5.56. The van der Waals surface area contributed by atoms with E-state index in [0.29, 0.717) is 5.92 Å². The molecule has 78 valence electrons. The smallest absolute Gasteiger partial charge is 0.0568 e.